The fourth-order valence-corrected chi connectivity index (χ4v) is 1.93. The molecule has 0 saturated carbocycles. The van der Waals surface area contributed by atoms with Crippen molar-refractivity contribution < 1.29 is 9.21 Å². The van der Waals surface area contributed by atoms with Gasteiger partial charge in [-0.05, 0) is 12.1 Å². The van der Waals surface area contributed by atoms with E-state index in [2.05, 4.69) is 4.98 Å². The van der Waals surface area contributed by atoms with Crippen molar-refractivity contribution in [2.45, 2.75) is 19.5 Å². The minimum Gasteiger partial charge on any atom is -0.467 e. The number of imidazole rings is 1. The predicted octanol–water partition coefficient (Wildman–Crippen LogP) is 0.991. The van der Waals surface area contributed by atoms with Gasteiger partial charge in [0.25, 0.3) is 5.91 Å². The van der Waals surface area contributed by atoms with Gasteiger partial charge in [-0.15, -0.1) is 0 Å². The van der Waals surface area contributed by atoms with E-state index in [9.17, 15) is 4.79 Å². The Kier molecular flexibility index (Phi) is 5.12. The Hall–Kier alpha value is -2.59. The van der Waals surface area contributed by atoms with Gasteiger partial charge in [0.05, 0.1) is 31.6 Å². The Morgan fingerprint density at radius 1 is 1.57 bits per heavy atom. The maximum atomic E-state index is 12.5. The highest BCUT2D eigenvalue weighted by molar-refractivity contribution is 5.92. The lowest BCUT2D eigenvalue weighted by Gasteiger charge is -2.19. The lowest BCUT2D eigenvalue weighted by molar-refractivity contribution is 0.0730. The number of carbonyl (C=O) groups is 1. The molecule has 0 aromatic carbocycles. The van der Waals surface area contributed by atoms with Crippen LogP contribution in [0.1, 0.15) is 22.7 Å². The first-order chi connectivity index (χ1) is 10.2. The summed E-state index contributed by atoms with van der Waals surface area (Å²) in [6.45, 7) is 1.74. The highest BCUT2D eigenvalue weighted by Gasteiger charge is 2.19. The molecule has 2 rings (SSSR count). The van der Waals surface area contributed by atoms with E-state index in [1.165, 1.54) is 0 Å². The number of nitrogens with zero attached hydrogens (tertiary/aromatic N) is 4. The minimum atomic E-state index is -0.225. The van der Waals surface area contributed by atoms with E-state index < -0.39 is 0 Å². The number of hydrogen-bond donors (Lipinski definition) is 1. The summed E-state index contributed by atoms with van der Waals surface area (Å²) in [7, 11) is 0. The summed E-state index contributed by atoms with van der Waals surface area (Å²) in [5, 5.41) is 8.72. The summed E-state index contributed by atoms with van der Waals surface area (Å²) in [5.41, 5.74) is 5.81. The Bertz CT molecular complexity index is 612. The summed E-state index contributed by atoms with van der Waals surface area (Å²) in [6.07, 6.45) is 5.06. The Balaban J connectivity index is 2.10. The highest BCUT2D eigenvalue weighted by atomic mass is 16.3. The maximum Gasteiger partial charge on any atom is 0.274 e. The molecular weight excluding hydrogens is 270 g/mol. The number of rotatable bonds is 7. The van der Waals surface area contributed by atoms with Crippen LogP contribution >= 0.6 is 0 Å². The van der Waals surface area contributed by atoms with Gasteiger partial charge >= 0.3 is 0 Å². The van der Waals surface area contributed by atoms with Crippen molar-refractivity contribution in [2.24, 2.45) is 5.73 Å². The van der Waals surface area contributed by atoms with Crippen molar-refractivity contribution in [1.29, 1.82) is 5.26 Å². The van der Waals surface area contributed by atoms with Crippen LogP contribution in [0.5, 0.6) is 0 Å². The molecule has 0 unspecified atom stereocenters. The highest BCUT2D eigenvalue weighted by Crippen LogP contribution is 2.10. The fourth-order valence-electron chi connectivity index (χ4n) is 1.93. The van der Waals surface area contributed by atoms with Gasteiger partial charge in [0.1, 0.15) is 11.5 Å². The molecule has 0 spiro atoms. The molecule has 110 valence electrons. The van der Waals surface area contributed by atoms with Gasteiger partial charge in [-0.2, -0.15) is 5.26 Å². The Morgan fingerprint density at radius 3 is 3.10 bits per heavy atom. The second-order valence-electron chi connectivity index (χ2n) is 4.50. The van der Waals surface area contributed by atoms with E-state index in [1.54, 1.807) is 40.4 Å². The lowest BCUT2D eigenvalue weighted by atomic mass is 10.3. The van der Waals surface area contributed by atoms with E-state index in [1.807, 2.05) is 6.07 Å². The van der Waals surface area contributed by atoms with Gasteiger partial charge in [0.2, 0.25) is 0 Å². The van der Waals surface area contributed by atoms with Crippen LogP contribution in [0.2, 0.25) is 0 Å². The third-order valence-electron chi connectivity index (χ3n) is 2.95. The molecular formula is C14H17N5O2. The van der Waals surface area contributed by atoms with Crippen LogP contribution < -0.4 is 5.73 Å². The molecule has 0 aliphatic carbocycles. The molecule has 0 fully saturated rings. The number of nitriles is 1. The summed E-state index contributed by atoms with van der Waals surface area (Å²) >= 11 is 0. The first kappa shape index (κ1) is 14.8. The standard InChI is InChI=1S/C14H17N5O2/c15-4-2-6-19(9-12-3-1-8-21-12)14(20)13-10-18(7-5-16)11-17-13/h1,3,8,10-11H,2,5-7,9,16H2. The third-order valence-corrected chi connectivity index (χ3v) is 2.95. The van der Waals surface area contributed by atoms with Crippen LogP contribution in [0, 0.1) is 11.3 Å². The summed E-state index contributed by atoms with van der Waals surface area (Å²) < 4.78 is 7.02. The van der Waals surface area contributed by atoms with Gasteiger partial charge < -0.3 is 19.6 Å². The van der Waals surface area contributed by atoms with Gasteiger partial charge in [-0.1, -0.05) is 0 Å². The second-order valence-corrected chi connectivity index (χ2v) is 4.50. The molecule has 7 heteroatoms. The van der Waals surface area contributed by atoms with Crippen molar-refractivity contribution in [3.63, 3.8) is 0 Å². The van der Waals surface area contributed by atoms with Crippen molar-refractivity contribution in [2.75, 3.05) is 13.1 Å². The molecule has 0 bridgehead atoms. The van der Waals surface area contributed by atoms with Crippen LogP contribution in [0.3, 0.4) is 0 Å². The van der Waals surface area contributed by atoms with E-state index in [0.29, 0.717) is 37.6 Å². The second kappa shape index (κ2) is 7.26. The molecule has 2 N–H and O–H groups in total. The summed E-state index contributed by atoms with van der Waals surface area (Å²) in [5.74, 6) is 0.445. The zero-order chi connectivity index (χ0) is 15.1. The monoisotopic (exact) mass is 287 g/mol. The van der Waals surface area contributed by atoms with E-state index in [-0.39, 0.29) is 12.3 Å². The lowest BCUT2D eigenvalue weighted by Crippen LogP contribution is -2.31. The van der Waals surface area contributed by atoms with Gasteiger partial charge in [-0.3, -0.25) is 4.79 Å². The van der Waals surface area contributed by atoms with Crippen LogP contribution in [0.25, 0.3) is 0 Å². The quantitative estimate of drug-likeness (QED) is 0.818. The molecule has 0 aliphatic heterocycles. The van der Waals surface area contributed by atoms with E-state index >= 15 is 0 Å². The molecule has 2 aromatic heterocycles. The summed E-state index contributed by atoms with van der Waals surface area (Å²) in [4.78, 5) is 18.1. The Morgan fingerprint density at radius 2 is 2.43 bits per heavy atom. The van der Waals surface area contributed by atoms with Gasteiger partial charge in [-0.25, -0.2) is 4.98 Å². The average molecular weight is 287 g/mol. The van der Waals surface area contributed by atoms with Crippen molar-refractivity contribution in [3.8, 4) is 6.07 Å². The van der Waals surface area contributed by atoms with Crippen molar-refractivity contribution in [3.05, 3.63) is 42.4 Å². The molecule has 0 atom stereocenters. The molecule has 0 radical (unpaired) electrons. The minimum absolute atomic E-state index is 0.225. The normalized spacial score (nSPS) is 10.3. The molecule has 1 amide bonds. The third kappa shape index (κ3) is 3.94. The van der Waals surface area contributed by atoms with E-state index in [0.717, 1.165) is 0 Å². The molecule has 0 saturated heterocycles. The fraction of sp³-hybridized carbons (Fsp3) is 0.357. The number of nitrogens with two attached hydrogens (primary N) is 1. The largest absolute Gasteiger partial charge is 0.467 e. The van der Waals surface area contributed by atoms with Gasteiger partial charge in [0.15, 0.2) is 0 Å². The zero-order valence-electron chi connectivity index (χ0n) is 11.6. The van der Waals surface area contributed by atoms with Crippen LogP contribution in [-0.4, -0.2) is 33.4 Å². The number of furan rings is 1. The molecule has 7 nitrogen and oxygen atoms in total. The zero-order valence-corrected chi connectivity index (χ0v) is 11.6. The van der Waals surface area contributed by atoms with Crippen molar-refractivity contribution in [1.82, 2.24) is 14.5 Å². The molecule has 2 aromatic rings. The SMILES string of the molecule is N#CCCN(Cc1ccco1)C(=O)c1cn(CCN)cn1. The van der Waals surface area contributed by atoms with Crippen LogP contribution in [0.4, 0.5) is 0 Å². The predicted molar refractivity (Wildman–Crippen MR) is 75.0 cm³/mol. The summed E-state index contributed by atoms with van der Waals surface area (Å²) in [6, 6.07) is 5.60. The number of aromatic nitrogens is 2. The molecule has 21 heavy (non-hydrogen) atoms. The Labute approximate surface area is 122 Å². The topological polar surface area (TPSA) is 101 Å². The number of hydrogen-bond acceptors (Lipinski definition) is 5. The first-order valence-electron chi connectivity index (χ1n) is 6.65. The molecule has 0 aliphatic rings. The first-order valence-corrected chi connectivity index (χ1v) is 6.65. The van der Waals surface area contributed by atoms with E-state index in [4.69, 9.17) is 15.4 Å². The maximum absolute atomic E-state index is 12.5. The smallest absolute Gasteiger partial charge is 0.274 e. The number of amides is 1. The van der Waals surface area contributed by atoms with Crippen molar-refractivity contribution >= 4 is 5.91 Å². The average Bonchev–Trinajstić information content (AvgIpc) is 3.14. The number of carbonyl (C=O) groups excluding carboxylic acids is 1. The van der Waals surface area contributed by atoms with Crippen LogP contribution in [0.15, 0.2) is 35.3 Å². The van der Waals surface area contributed by atoms with Gasteiger partial charge in [0, 0.05) is 25.8 Å². The van der Waals surface area contributed by atoms with Crippen LogP contribution in [-0.2, 0) is 13.1 Å². The molecule has 2 heterocycles.